The summed E-state index contributed by atoms with van der Waals surface area (Å²) in [7, 11) is -1.75. The molecule has 3 nitrogen and oxygen atoms in total. The number of hydrogen-bond acceptors (Lipinski definition) is 2. The minimum Gasteiger partial charge on any atom is -0.414 e. The maximum Gasteiger partial charge on any atom is 0.210 e. The molecule has 2 aliphatic rings. The van der Waals surface area contributed by atoms with Gasteiger partial charge in [0.25, 0.3) is 0 Å². The van der Waals surface area contributed by atoms with Crippen molar-refractivity contribution in [1.29, 1.82) is 0 Å². The Balaban J connectivity index is 2.16. The van der Waals surface area contributed by atoms with Crippen molar-refractivity contribution in [1.82, 2.24) is 4.90 Å². The number of fused-ring (bicyclic) bond motifs is 2. The van der Waals surface area contributed by atoms with Crippen LogP contribution in [-0.2, 0) is 9.22 Å². The number of carbonyl (C=O) groups excluding carboxylic acids is 1. The summed E-state index contributed by atoms with van der Waals surface area (Å²) in [5.41, 5.74) is 0.0745. The van der Waals surface area contributed by atoms with Gasteiger partial charge in [0, 0.05) is 17.7 Å². The summed E-state index contributed by atoms with van der Waals surface area (Å²) >= 11 is 0. The average Bonchev–Trinajstić information content (AvgIpc) is 2.45. The fraction of sp³-hybridized carbons (Fsp3) is 0.950. The Labute approximate surface area is 150 Å². The third kappa shape index (κ3) is 4.06. The zero-order valence-corrected chi connectivity index (χ0v) is 17.9. The van der Waals surface area contributed by atoms with Gasteiger partial charge in [-0.25, -0.2) is 0 Å². The molecule has 140 valence electrons. The molecule has 1 amide bonds. The van der Waals surface area contributed by atoms with E-state index < -0.39 is 8.32 Å². The molecule has 0 spiro atoms. The first-order valence-corrected chi connectivity index (χ1v) is 13.0. The molecule has 0 saturated carbocycles. The second kappa shape index (κ2) is 7.49. The fourth-order valence-corrected chi connectivity index (χ4v) is 5.88. The highest BCUT2D eigenvalue weighted by molar-refractivity contribution is 6.74. The molecule has 3 atom stereocenters. The SMILES string of the molecule is CCCCC[C@@]12CCC[C@@H](C[C@H](O[Si](C)(C)C(C)(C)C)C1)N2C=O. The van der Waals surface area contributed by atoms with Crippen LogP contribution in [0.15, 0.2) is 0 Å². The molecule has 2 bridgehead atoms. The van der Waals surface area contributed by atoms with Crippen molar-refractivity contribution in [3.63, 3.8) is 0 Å². The lowest BCUT2D eigenvalue weighted by Crippen LogP contribution is -2.63. The van der Waals surface area contributed by atoms with Crippen LogP contribution < -0.4 is 0 Å². The zero-order chi connectivity index (χ0) is 18.0. The summed E-state index contributed by atoms with van der Waals surface area (Å²) in [6, 6.07) is 0.404. The monoisotopic (exact) mass is 353 g/mol. The van der Waals surface area contributed by atoms with Crippen LogP contribution in [0.2, 0.25) is 18.1 Å². The van der Waals surface area contributed by atoms with Crippen LogP contribution >= 0.6 is 0 Å². The summed E-state index contributed by atoms with van der Waals surface area (Å²) < 4.78 is 6.80. The number of rotatable bonds is 7. The van der Waals surface area contributed by atoms with Gasteiger partial charge in [-0.05, 0) is 56.7 Å². The molecule has 2 rings (SSSR count). The summed E-state index contributed by atoms with van der Waals surface area (Å²) in [5.74, 6) is 0. The van der Waals surface area contributed by atoms with Crippen LogP contribution in [0.3, 0.4) is 0 Å². The van der Waals surface area contributed by atoms with Crippen molar-refractivity contribution >= 4 is 14.7 Å². The predicted molar refractivity (Wildman–Crippen MR) is 104 cm³/mol. The van der Waals surface area contributed by atoms with Crippen LogP contribution in [0.25, 0.3) is 0 Å². The highest BCUT2D eigenvalue weighted by Gasteiger charge is 2.50. The van der Waals surface area contributed by atoms with E-state index in [9.17, 15) is 4.79 Å². The van der Waals surface area contributed by atoms with Gasteiger partial charge in [0.15, 0.2) is 8.32 Å². The van der Waals surface area contributed by atoms with Crippen molar-refractivity contribution in [2.75, 3.05) is 0 Å². The number of nitrogens with zero attached hydrogens (tertiary/aromatic N) is 1. The van der Waals surface area contributed by atoms with E-state index in [0.717, 1.165) is 32.1 Å². The second-order valence-corrected chi connectivity index (χ2v) is 14.4. The molecule has 2 fully saturated rings. The Morgan fingerprint density at radius 2 is 2.00 bits per heavy atom. The molecule has 0 aromatic rings. The molecule has 0 aliphatic carbocycles. The lowest BCUT2D eigenvalue weighted by molar-refractivity contribution is -0.142. The van der Waals surface area contributed by atoms with E-state index in [-0.39, 0.29) is 10.6 Å². The van der Waals surface area contributed by atoms with E-state index in [1.807, 2.05) is 0 Å². The highest BCUT2D eigenvalue weighted by Crippen LogP contribution is 2.47. The molecule has 2 saturated heterocycles. The smallest absolute Gasteiger partial charge is 0.210 e. The van der Waals surface area contributed by atoms with Gasteiger partial charge in [-0.3, -0.25) is 4.79 Å². The fourth-order valence-electron chi connectivity index (χ4n) is 4.51. The molecule has 0 N–H and O–H groups in total. The summed E-state index contributed by atoms with van der Waals surface area (Å²) in [5, 5.41) is 0.249. The van der Waals surface area contributed by atoms with Crippen molar-refractivity contribution < 1.29 is 9.22 Å². The minimum absolute atomic E-state index is 0.0745. The Morgan fingerprint density at radius 1 is 1.29 bits per heavy atom. The van der Waals surface area contributed by atoms with E-state index in [2.05, 4.69) is 45.7 Å². The van der Waals surface area contributed by atoms with Crippen LogP contribution in [0.5, 0.6) is 0 Å². The molecule has 0 unspecified atom stereocenters. The zero-order valence-electron chi connectivity index (χ0n) is 16.9. The van der Waals surface area contributed by atoms with Gasteiger partial charge in [0.2, 0.25) is 6.41 Å². The molecule has 0 aromatic heterocycles. The second-order valence-electron chi connectivity index (χ2n) is 9.68. The van der Waals surface area contributed by atoms with E-state index in [1.165, 1.54) is 32.1 Å². The van der Waals surface area contributed by atoms with Crippen molar-refractivity contribution in [2.45, 2.75) is 121 Å². The Hall–Kier alpha value is -0.353. The quantitative estimate of drug-likeness (QED) is 0.343. The summed E-state index contributed by atoms with van der Waals surface area (Å²) in [4.78, 5) is 14.1. The molecule has 0 radical (unpaired) electrons. The number of carbonyl (C=O) groups is 1. The molecule has 0 aromatic carbocycles. The predicted octanol–water partition coefficient (Wildman–Crippen LogP) is 5.50. The first kappa shape index (κ1) is 20.0. The molecular weight excluding hydrogens is 314 g/mol. The number of amides is 1. The van der Waals surface area contributed by atoms with Gasteiger partial charge in [-0.2, -0.15) is 0 Å². The first-order valence-electron chi connectivity index (χ1n) is 10.1. The van der Waals surface area contributed by atoms with Crippen LogP contribution in [0.4, 0.5) is 0 Å². The summed E-state index contributed by atoms with van der Waals surface area (Å²) in [6.07, 6.45) is 12.1. The van der Waals surface area contributed by atoms with Gasteiger partial charge in [-0.1, -0.05) is 47.0 Å². The third-order valence-corrected chi connectivity index (χ3v) is 11.4. The third-order valence-electron chi connectivity index (χ3n) is 6.89. The molecular formula is C20H39NO2Si. The maximum atomic E-state index is 11.9. The Morgan fingerprint density at radius 3 is 2.58 bits per heavy atom. The Bertz CT molecular complexity index is 432. The van der Waals surface area contributed by atoms with Crippen LogP contribution in [-0.4, -0.2) is 37.3 Å². The summed E-state index contributed by atoms with van der Waals surface area (Å²) in [6.45, 7) is 13.9. The van der Waals surface area contributed by atoms with Crippen LogP contribution in [0.1, 0.15) is 85.5 Å². The lowest BCUT2D eigenvalue weighted by atomic mass is 9.71. The maximum absolute atomic E-state index is 11.9. The van der Waals surface area contributed by atoms with E-state index in [0.29, 0.717) is 12.1 Å². The molecule has 2 aliphatic heterocycles. The molecule has 4 heteroatoms. The largest absolute Gasteiger partial charge is 0.414 e. The van der Waals surface area contributed by atoms with E-state index in [4.69, 9.17) is 4.43 Å². The topological polar surface area (TPSA) is 29.5 Å². The standard InChI is InChI=1S/C20H39NO2Si/c1-7-8-9-12-20-13-10-11-17(21(20)16-22)14-18(15-20)23-24(5,6)19(2,3)4/h16-18H,7-15H2,1-6H3/t17-,18-,20+/m0/s1. The van der Waals surface area contributed by atoms with Crippen molar-refractivity contribution in [3.05, 3.63) is 0 Å². The van der Waals surface area contributed by atoms with E-state index >= 15 is 0 Å². The van der Waals surface area contributed by atoms with Crippen LogP contribution in [0, 0.1) is 0 Å². The van der Waals surface area contributed by atoms with Crippen molar-refractivity contribution in [3.8, 4) is 0 Å². The Kier molecular flexibility index (Phi) is 6.23. The normalized spacial score (nSPS) is 31.2. The number of hydrogen-bond donors (Lipinski definition) is 0. The lowest BCUT2D eigenvalue weighted by Gasteiger charge is -2.57. The first-order chi connectivity index (χ1) is 11.1. The highest BCUT2D eigenvalue weighted by atomic mass is 28.4. The van der Waals surface area contributed by atoms with Gasteiger partial charge in [-0.15, -0.1) is 0 Å². The molecule has 24 heavy (non-hydrogen) atoms. The van der Waals surface area contributed by atoms with Gasteiger partial charge in [0.1, 0.15) is 0 Å². The number of unbranched alkanes of at least 4 members (excludes halogenated alkanes) is 2. The number of piperidine rings is 2. The van der Waals surface area contributed by atoms with Gasteiger partial charge in [0.05, 0.1) is 0 Å². The van der Waals surface area contributed by atoms with Gasteiger partial charge >= 0.3 is 0 Å². The average molecular weight is 354 g/mol. The van der Waals surface area contributed by atoms with Gasteiger partial charge < -0.3 is 9.33 Å². The minimum atomic E-state index is -1.75. The van der Waals surface area contributed by atoms with Crippen molar-refractivity contribution in [2.24, 2.45) is 0 Å². The molecule has 2 heterocycles. The van der Waals surface area contributed by atoms with E-state index in [1.54, 1.807) is 0 Å².